The molecule has 0 aromatic rings. The van der Waals surface area contributed by atoms with Crippen LogP contribution in [0.3, 0.4) is 0 Å². The van der Waals surface area contributed by atoms with Gasteiger partial charge in [0.25, 0.3) is 0 Å². The lowest BCUT2D eigenvalue weighted by molar-refractivity contribution is 0.219. The Morgan fingerprint density at radius 3 is 2.94 bits per heavy atom. The summed E-state index contributed by atoms with van der Waals surface area (Å²) in [6.45, 7) is 2.41. The van der Waals surface area contributed by atoms with E-state index in [1.807, 2.05) is 18.9 Å². The number of hydrogen-bond acceptors (Lipinski definition) is 3. The first-order valence-electron chi connectivity index (χ1n) is 6.50. The summed E-state index contributed by atoms with van der Waals surface area (Å²) in [7, 11) is 0. The van der Waals surface area contributed by atoms with Gasteiger partial charge in [-0.2, -0.15) is 0 Å². The highest BCUT2D eigenvalue weighted by molar-refractivity contribution is 5.49. The zero-order chi connectivity index (χ0) is 12.5. The van der Waals surface area contributed by atoms with Crippen LogP contribution in [0.25, 0.3) is 0 Å². The summed E-state index contributed by atoms with van der Waals surface area (Å²) in [6, 6.07) is 0. The van der Waals surface area contributed by atoms with Crippen LogP contribution in [0.2, 0.25) is 0 Å². The molecule has 3 heteroatoms. The average Bonchev–Trinajstić information content (AvgIpc) is 2.73. The van der Waals surface area contributed by atoms with Crippen LogP contribution in [0.1, 0.15) is 51.9 Å². The lowest BCUT2D eigenvalue weighted by Gasteiger charge is -2.04. The van der Waals surface area contributed by atoms with Gasteiger partial charge in [0.05, 0.1) is 12.7 Å². The monoisotopic (exact) mass is 238 g/mol. The van der Waals surface area contributed by atoms with Gasteiger partial charge in [-0.25, -0.2) is 4.79 Å². The van der Waals surface area contributed by atoms with Gasteiger partial charge in [0, 0.05) is 6.42 Å². The quantitative estimate of drug-likeness (QED) is 0.306. The Hall–Kier alpha value is -1.05. The van der Waals surface area contributed by atoms with E-state index in [1.165, 1.54) is 5.57 Å². The first kappa shape index (κ1) is 14.0. The molecule has 0 bridgehead atoms. The number of ether oxygens (including phenoxy) is 1. The summed E-state index contributed by atoms with van der Waals surface area (Å²) < 4.78 is 5.13. The Bertz CT molecular complexity index is 301. The number of unbranched alkanes of at least 4 members (excludes halogenated alkanes) is 2. The molecule has 0 saturated carbocycles. The number of carbonyl (C=O) groups excluding carboxylic acids is 1. The Labute approximate surface area is 103 Å². The maximum Gasteiger partial charge on any atom is 0.179 e. The van der Waals surface area contributed by atoms with Gasteiger partial charge in [-0.05, 0) is 39.0 Å². The molecule has 0 aromatic heterocycles. The third kappa shape index (κ3) is 5.71. The Kier molecular flexibility index (Phi) is 6.68. The van der Waals surface area contributed by atoms with Crippen molar-refractivity contribution in [2.24, 2.45) is 0 Å². The van der Waals surface area contributed by atoms with Crippen molar-refractivity contribution >= 4 is 5.94 Å². The SMILES string of the molecule is CCOC(=C=O)CCCCCC1=CC(O)CC1. The summed E-state index contributed by atoms with van der Waals surface area (Å²) in [4.78, 5) is 10.5. The normalized spacial score (nSPS) is 18.7. The van der Waals surface area contributed by atoms with Gasteiger partial charge >= 0.3 is 0 Å². The second-order valence-corrected chi connectivity index (χ2v) is 4.45. The zero-order valence-corrected chi connectivity index (χ0v) is 10.6. The van der Waals surface area contributed by atoms with Crippen LogP contribution in [-0.4, -0.2) is 23.8 Å². The van der Waals surface area contributed by atoms with Crippen molar-refractivity contribution in [2.75, 3.05) is 6.61 Å². The summed E-state index contributed by atoms with van der Waals surface area (Å²) in [5.41, 5.74) is 1.38. The van der Waals surface area contributed by atoms with Crippen LogP contribution in [-0.2, 0) is 9.53 Å². The molecular weight excluding hydrogens is 216 g/mol. The Morgan fingerprint density at radius 1 is 1.53 bits per heavy atom. The minimum absolute atomic E-state index is 0.215. The lowest BCUT2D eigenvalue weighted by Crippen LogP contribution is -1.93. The van der Waals surface area contributed by atoms with Gasteiger partial charge in [0.15, 0.2) is 11.7 Å². The number of allylic oxidation sites excluding steroid dienone is 2. The van der Waals surface area contributed by atoms with E-state index in [4.69, 9.17) is 4.74 Å². The molecule has 0 spiro atoms. The number of aliphatic hydroxyl groups is 1. The minimum Gasteiger partial charge on any atom is -0.487 e. The van der Waals surface area contributed by atoms with Gasteiger partial charge in [0.1, 0.15) is 0 Å². The molecule has 0 fully saturated rings. The molecule has 0 saturated heterocycles. The fraction of sp³-hybridized carbons (Fsp3) is 0.714. The van der Waals surface area contributed by atoms with Crippen molar-refractivity contribution in [1.82, 2.24) is 0 Å². The van der Waals surface area contributed by atoms with Crippen LogP contribution in [0.15, 0.2) is 17.4 Å². The Morgan fingerprint density at radius 2 is 2.35 bits per heavy atom. The summed E-state index contributed by atoms with van der Waals surface area (Å²) in [5.74, 6) is 2.29. The second-order valence-electron chi connectivity index (χ2n) is 4.45. The van der Waals surface area contributed by atoms with Crippen molar-refractivity contribution < 1.29 is 14.6 Å². The minimum atomic E-state index is -0.215. The first-order chi connectivity index (χ1) is 8.26. The van der Waals surface area contributed by atoms with E-state index in [9.17, 15) is 9.90 Å². The molecule has 1 rings (SSSR count). The van der Waals surface area contributed by atoms with Crippen LogP contribution in [0.5, 0.6) is 0 Å². The van der Waals surface area contributed by atoms with Gasteiger partial charge in [-0.15, -0.1) is 0 Å². The van der Waals surface area contributed by atoms with E-state index >= 15 is 0 Å². The van der Waals surface area contributed by atoms with Gasteiger partial charge in [-0.1, -0.05) is 18.1 Å². The summed E-state index contributed by atoms with van der Waals surface area (Å²) >= 11 is 0. The van der Waals surface area contributed by atoms with Crippen molar-refractivity contribution in [3.8, 4) is 0 Å². The molecule has 17 heavy (non-hydrogen) atoms. The predicted molar refractivity (Wildman–Crippen MR) is 67.2 cm³/mol. The molecule has 1 aliphatic carbocycles. The summed E-state index contributed by atoms with van der Waals surface area (Å²) in [6.07, 6.45) is 8.65. The molecule has 1 unspecified atom stereocenters. The maximum atomic E-state index is 10.5. The van der Waals surface area contributed by atoms with Crippen molar-refractivity contribution in [3.63, 3.8) is 0 Å². The van der Waals surface area contributed by atoms with Gasteiger partial charge in [-0.3, -0.25) is 0 Å². The zero-order valence-electron chi connectivity index (χ0n) is 10.6. The topological polar surface area (TPSA) is 46.5 Å². The van der Waals surface area contributed by atoms with Crippen LogP contribution in [0, 0.1) is 0 Å². The fourth-order valence-corrected chi connectivity index (χ4v) is 2.12. The summed E-state index contributed by atoms with van der Waals surface area (Å²) in [5, 5.41) is 9.33. The largest absolute Gasteiger partial charge is 0.487 e. The maximum absolute atomic E-state index is 10.5. The number of aliphatic hydroxyl groups excluding tert-OH is 1. The first-order valence-corrected chi connectivity index (χ1v) is 6.50. The second kappa shape index (κ2) is 8.10. The smallest absolute Gasteiger partial charge is 0.179 e. The van der Waals surface area contributed by atoms with E-state index in [1.54, 1.807) is 0 Å². The number of rotatable bonds is 8. The van der Waals surface area contributed by atoms with Crippen LogP contribution in [0.4, 0.5) is 0 Å². The molecule has 1 atom stereocenters. The van der Waals surface area contributed by atoms with E-state index < -0.39 is 0 Å². The average molecular weight is 238 g/mol. The molecule has 1 N–H and O–H groups in total. The molecular formula is C14H22O3. The fourth-order valence-electron chi connectivity index (χ4n) is 2.12. The van der Waals surface area contributed by atoms with E-state index in [0.717, 1.165) is 38.5 Å². The predicted octanol–water partition coefficient (Wildman–Crippen LogP) is 2.77. The standard InChI is InChI=1S/C14H22O3/c1-2-17-14(11-15)7-5-3-4-6-12-8-9-13(16)10-12/h10,13,16H,2-9H2,1H3. The highest BCUT2D eigenvalue weighted by Gasteiger charge is 2.11. The molecule has 0 amide bonds. The lowest BCUT2D eigenvalue weighted by atomic mass is 10.1. The number of hydrogen-bond donors (Lipinski definition) is 1. The molecule has 0 aliphatic heterocycles. The van der Waals surface area contributed by atoms with Crippen LogP contribution < -0.4 is 0 Å². The third-order valence-corrected chi connectivity index (χ3v) is 3.02. The molecule has 3 nitrogen and oxygen atoms in total. The van der Waals surface area contributed by atoms with Crippen molar-refractivity contribution in [1.29, 1.82) is 0 Å². The van der Waals surface area contributed by atoms with Gasteiger partial charge < -0.3 is 9.84 Å². The van der Waals surface area contributed by atoms with Crippen LogP contribution >= 0.6 is 0 Å². The van der Waals surface area contributed by atoms with E-state index in [-0.39, 0.29) is 6.10 Å². The molecule has 0 heterocycles. The molecule has 1 aliphatic rings. The highest BCUT2D eigenvalue weighted by Crippen LogP contribution is 2.23. The highest BCUT2D eigenvalue weighted by atomic mass is 16.5. The third-order valence-electron chi connectivity index (χ3n) is 3.02. The molecule has 0 radical (unpaired) electrons. The molecule has 0 aromatic carbocycles. The van der Waals surface area contributed by atoms with E-state index in [0.29, 0.717) is 18.8 Å². The van der Waals surface area contributed by atoms with E-state index in [2.05, 4.69) is 0 Å². The van der Waals surface area contributed by atoms with Crippen molar-refractivity contribution in [3.05, 3.63) is 17.4 Å². The molecule has 96 valence electrons. The van der Waals surface area contributed by atoms with Gasteiger partial charge in [0.2, 0.25) is 0 Å². The van der Waals surface area contributed by atoms with Crippen molar-refractivity contribution in [2.45, 2.75) is 58.0 Å². The Balaban J connectivity index is 2.05.